The molecule has 9 heavy (non-hydrogen) atoms. The Morgan fingerprint density at radius 1 is 1.56 bits per heavy atom. The number of nitrogens with one attached hydrogen (secondary N) is 1. The molecular weight excluding hydrogens is 112 g/mol. The average Bonchev–Trinajstić information content (AvgIpc) is 2.10. The SMILES string of the molecule is C=CN1NC(=C)CC1=C. The maximum absolute atomic E-state index is 3.79. The smallest absolute Gasteiger partial charge is 0.0384 e. The largest absolute Gasteiger partial charge is 0.299 e. The lowest BCUT2D eigenvalue weighted by atomic mass is 10.3. The van der Waals surface area contributed by atoms with Crippen molar-refractivity contribution in [1.82, 2.24) is 10.4 Å². The Hall–Kier alpha value is -1.18. The minimum atomic E-state index is 0.825. The summed E-state index contributed by atoms with van der Waals surface area (Å²) in [5.41, 5.74) is 4.94. The van der Waals surface area contributed by atoms with E-state index in [1.807, 2.05) is 0 Å². The van der Waals surface area contributed by atoms with Gasteiger partial charge in [0.25, 0.3) is 0 Å². The first-order chi connectivity index (χ1) is 4.24. The van der Waals surface area contributed by atoms with E-state index in [2.05, 4.69) is 25.2 Å². The number of nitrogens with zero attached hydrogens (tertiary/aromatic N) is 1. The zero-order valence-electron chi connectivity index (χ0n) is 5.35. The van der Waals surface area contributed by atoms with Crippen molar-refractivity contribution in [3.05, 3.63) is 37.3 Å². The molecule has 0 aromatic carbocycles. The summed E-state index contributed by atoms with van der Waals surface area (Å²) in [7, 11) is 0. The quantitative estimate of drug-likeness (QED) is 0.565. The molecule has 1 rings (SSSR count). The van der Waals surface area contributed by atoms with Crippen molar-refractivity contribution >= 4 is 0 Å². The second-order valence-electron chi connectivity index (χ2n) is 2.01. The van der Waals surface area contributed by atoms with Gasteiger partial charge in [0.15, 0.2) is 0 Å². The van der Waals surface area contributed by atoms with Crippen LogP contribution in [-0.4, -0.2) is 5.01 Å². The third kappa shape index (κ3) is 0.964. The highest BCUT2D eigenvalue weighted by Crippen LogP contribution is 2.16. The van der Waals surface area contributed by atoms with E-state index in [0.717, 1.165) is 17.8 Å². The summed E-state index contributed by atoms with van der Waals surface area (Å²) < 4.78 is 0. The van der Waals surface area contributed by atoms with Gasteiger partial charge in [-0.25, -0.2) is 0 Å². The van der Waals surface area contributed by atoms with Crippen molar-refractivity contribution in [2.24, 2.45) is 0 Å². The Morgan fingerprint density at radius 3 is 2.44 bits per heavy atom. The summed E-state index contributed by atoms with van der Waals surface area (Å²) in [6, 6.07) is 0. The van der Waals surface area contributed by atoms with Crippen LogP contribution >= 0.6 is 0 Å². The van der Waals surface area contributed by atoms with E-state index < -0.39 is 0 Å². The molecule has 2 nitrogen and oxygen atoms in total. The second-order valence-corrected chi connectivity index (χ2v) is 2.01. The normalized spacial score (nSPS) is 18.0. The molecule has 1 N–H and O–H groups in total. The maximum Gasteiger partial charge on any atom is 0.0384 e. The lowest BCUT2D eigenvalue weighted by Crippen LogP contribution is -2.21. The highest BCUT2D eigenvalue weighted by molar-refractivity contribution is 5.15. The molecule has 0 bridgehead atoms. The number of hydrogen-bond donors (Lipinski definition) is 1. The Kier molecular flexibility index (Phi) is 1.30. The van der Waals surface area contributed by atoms with Gasteiger partial charge in [-0.15, -0.1) is 0 Å². The second kappa shape index (κ2) is 1.97. The van der Waals surface area contributed by atoms with Crippen LogP contribution in [0.3, 0.4) is 0 Å². The van der Waals surface area contributed by atoms with Crippen LogP contribution in [0.4, 0.5) is 0 Å². The van der Waals surface area contributed by atoms with Gasteiger partial charge < -0.3 is 0 Å². The Bertz CT molecular complexity index is 170. The van der Waals surface area contributed by atoms with Gasteiger partial charge in [0, 0.05) is 24.0 Å². The van der Waals surface area contributed by atoms with Gasteiger partial charge in [-0.2, -0.15) is 0 Å². The van der Waals surface area contributed by atoms with Crippen LogP contribution in [0.25, 0.3) is 0 Å². The standard InChI is InChI=1S/C7H10N2/c1-4-9-7(3)5-6(2)8-9/h4,8H,1-3,5H2. The van der Waals surface area contributed by atoms with Crippen LogP contribution in [0.1, 0.15) is 6.42 Å². The van der Waals surface area contributed by atoms with Crippen LogP contribution in [-0.2, 0) is 0 Å². The van der Waals surface area contributed by atoms with Crippen LogP contribution in [0, 0.1) is 0 Å². The third-order valence-corrected chi connectivity index (χ3v) is 1.22. The Morgan fingerprint density at radius 2 is 2.22 bits per heavy atom. The minimum Gasteiger partial charge on any atom is -0.299 e. The van der Waals surface area contributed by atoms with Gasteiger partial charge in [0.1, 0.15) is 0 Å². The zero-order valence-corrected chi connectivity index (χ0v) is 5.35. The molecule has 48 valence electrons. The van der Waals surface area contributed by atoms with Crippen molar-refractivity contribution in [3.63, 3.8) is 0 Å². The fourth-order valence-corrected chi connectivity index (χ4v) is 0.795. The molecule has 2 heteroatoms. The van der Waals surface area contributed by atoms with E-state index in [-0.39, 0.29) is 0 Å². The predicted octanol–water partition coefficient (Wildman–Crippen LogP) is 1.37. The number of rotatable bonds is 1. The minimum absolute atomic E-state index is 0.825. The summed E-state index contributed by atoms with van der Waals surface area (Å²) in [5.74, 6) is 0. The molecule has 1 heterocycles. The Balaban J connectivity index is 2.68. The molecule has 0 aromatic heterocycles. The van der Waals surface area contributed by atoms with E-state index >= 15 is 0 Å². The molecule has 0 amide bonds. The molecule has 0 aromatic rings. The van der Waals surface area contributed by atoms with E-state index in [9.17, 15) is 0 Å². The third-order valence-electron chi connectivity index (χ3n) is 1.22. The van der Waals surface area contributed by atoms with Gasteiger partial charge in [-0.05, 0) is 0 Å². The molecule has 1 aliphatic rings. The molecule has 1 saturated heterocycles. The molecule has 0 radical (unpaired) electrons. The number of hydrogen-bond acceptors (Lipinski definition) is 2. The fraction of sp³-hybridized carbons (Fsp3) is 0.143. The van der Waals surface area contributed by atoms with E-state index in [1.54, 1.807) is 11.2 Å². The topological polar surface area (TPSA) is 15.3 Å². The van der Waals surface area contributed by atoms with Crippen molar-refractivity contribution in [2.75, 3.05) is 0 Å². The van der Waals surface area contributed by atoms with Gasteiger partial charge in [0.2, 0.25) is 0 Å². The Labute approximate surface area is 55.1 Å². The summed E-state index contributed by atoms with van der Waals surface area (Å²) >= 11 is 0. The van der Waals surface area contributed by atoms with Crippen LogP contribution < -0.4 is 5.43 Å². The highest BCUT2D eigenvalue weighted by Gasteiger charge is 2.13. The van der Waals surface area contributed by atoms with Crippen molar-refractivity contribution in [3.8, 4) is 0 Å². The lowest BCUT2D eigenvalue weighted by molar-refractivity contribution is 0.432. The van der Waals surface area contributed by atoms with Crippen LogP contribution in [0.15, 0.2) is 37.3 Å². The predicted molar refractivity (Wildman–Crippen MR) is 38.1 cm³/mol. The summed E-state index contributed by atoms with van der Waals surface area (Å²) in [6.07, 6.45) is 2.51. The van der Waals surface area contributed by atoms with Crippen LogP contribution in [0.2, 0.25) is 0 Å². The summed E-state index contributed by atoms with van der Waals surface area (Å²) in [6.45, 7) is 11.1. The first-order valence-electron chi connectivity index (χ1n) is 2.78. The van der Waals surface area contributed by atoms with Gasteiger partial charge in [-0.3, -0.25) is 10.4 Å². The zero-order chi connectivity index (χ0) is 6.85. The fourth-order valence-electron chi connectivity index (χ4n) is 0.795. The first-order valence-corrected chi connectivity index (χ1v) is 2.78. The number of hydrazine groups is 1. The van der Waals surface area contributed by atoms with Crippen LogP contribution in [0.5, 0.6) is 0 Å². The maximum atomic E-state index is 3.79. The monoisotopic (exact) mass is 122 g/mol. The molecule has 1 fully saturated rings. The summed E-state index contributed by atoms with van der Waals surface area (Å²) in [4.78, 5) is 0. The van der Waals surface area contributed by atoms with E-state index in [1.165, 1.54) is 0 Å². The van der Waals surface area contributed by atoms with Gasteiger partial charge in [0.05, 0.1) is 0 Å². The molecular formula is C7H10N2. The van der Waals surface area contributed by atoms with Crippen molar-refractivity contribution in [1.29, 1.82) is 0 Å². The van der Waals surface area contributed by atoms with Crippen molar-refractivity contribution < 1.29 is 0 Å². The molecule has 0 aliphatic carbocycles. The molecule has 0 spiro atoms. The lowest BCUT2D eigenvalue weighted by Gasteiger charge is -2.11. The summed E-state index contributed by atoms with van der Waals surface area (Å²) in [5, 5.41) is 1.77. The van der Waals surface area contributed by atoms with E-state index in [4.69, 9.17) is 0 Å². The molecule has 0 unspecified atom stereocenters. The average molecular weight is 122 g/mol. The van der Waals surface area contributed by atoms with E-state index in [0.29, 0.717) is 0 Å². The molecule has 0 saturated carbocycles. The van der Waals surface area contributed by atoms with Gasteiger partial charge >= 0.3 is 0 Å². The highest BCUT2D eigenvalue weighted by atomic mass is 15.5. The molecule has 1 aliphatic heterocycles. The first kappa shape index (κ1) is 5.95. The van der Waals surface area contributed by atoms with Gasteiger partial charge in [-0.1, -0.05) is 19.7 Å². The van der Waals surface area contributed by atoms with Crippen molar-refractivity contribution in [2.45, 2.75) is 6.42 Å². The molecule has 0 atom stereocenters.